The lowest BCUT2D eigenvalue weighted by atomic mass is 10.1. The molecular weight excluding hydrogens is 284 g/mol. The molecule has 4 heteroatoms. The van der Waals surface area contributed by atoms with Crippen molar-refractivity contribution in [1.29, 1.82) is 0 Å². The molecule has 0 radical (unpaired) electrons. The van der Waals surface area contributed by atoms with Gasteiger partial charge in [0.05, 0.1) is 6.61 Å². The van der Waals surface area contributed by atoms with Crippen molar-refractivity contribution >= 4 is 28.3 Å². The highest BCUT2D eigenvalue weighted by Gasteiger charge is 1.92. The standard InChI is InChI=1S/C16H31O2.ClH.Mg/c1-3-5-7-9-10-11-13-15-18-16-17-14-12-8-6-4-2;;/h6,8H,2-5,7,9-16H2,1H3;1H;/q;;+1/p-1/b8-6-;;. The summed E-state index contributed by atoms with van der Waals surface area (Å²) in [5, 5.41) is 0. The van der Waals surface area contributed by atoms with Crippen molar-refractivity contribution in [3.8, 4) is 0 Å². The molecule has 0 saturated carbocycles. The first-order valence-electron chi connectivity index (χ1n) is 8.28. The molecule has 0 unspecified atom stereocenters. The Morgan fingerprint density at radius 3 is 2.25 bits per heavy atom. The van der Waals surface area contributed by atoms with E-state index in [1.54, 1.807) is 0 Å². The highest BCUT2D eigenvalue weighted by molar-refractivity contribution is 6.93. The minimum atomic E-state index is -0.281. The molecule has 0 fully saturated rings. The third-order valence-electron chi connectivity index (χ3n) is 3.16. The van der Waals surface area contributed by atoms with Gasteiger partial charge in [-0.05, 0) is 12.8 Å². The smallest absolute Gasteiger partial charge is 0.355 e. The minimum absolute atomic E-state index is 0.281. The largest absolute Gasteiger partial charge is 0.501 e. The Morgan fingerprint density at radius 1 is 0.850 bits per heavy atom. The Hall–Kier alpha value is 0.716. The lowest BCUT2D eigenvalue weighted by molar-refractivity contribution is -0.0531. The SMILES string of the molecule is CCCCCCCCCOCOCC/C=C\C[CH2][Mg][Cl]. The number of ether oxygens (including phenoxy) is 2. The molecule has 2 nitrogen and oxygen atoms in total. The normalized spacial score (nSPS) is 11.1. The number of unbranched alkanes of at least 4 members (excludes halogenated alkanes) is 6. The number of hydrogen-bond acceptors (Lipinski definition) is 2. The quantitative estimate of drug-likeness (QED) is 0.166. The molecule has 0 N–H and O–H groups in total. The molecule has 0 heterocycles. The summed E-state index contributed by atoms with van der Waals surface area (Å²) in [6.45, 7) is 4.29. The summed E-state index contributed by atoms with van der Waals surface area (Å²) in [6, 6.07) is 0. The van der Waals surface area contributed by atoms with Gasteiger partial charge in [0.15, 0.2) is 0 Å². The molecule has 0 bridgehead atoms. The summed E-state index contributed by atoms with van der Waals surface area (Å²) in [5.74, 6) is 0. The van der Waals surface area contributed by atoms with Gasteiger partial charge in [-0.25, -0.2) is 0 Å². The molecule has 0 aliphatic heterocycles. The Morgan fingerprint density at radius 2 is 1.50 bits per heavy atom. The third kappa shape index (κ3) is 18.7. The van der Waals surface area contributed by atoms with Crippen molar-refractivity contribution < 1.29 is 9.47 Å². The maximum atomic E-state index is 5.73. The van der Waals surface area contributed by atoms with Crippen molar-refractivity contribution in [3.63, 3.8) is 0 Å². The summed E-state index contributed by atoms with van der Waals surface area (Å²) < 4.78 is 12.1. The highest BCUT2D eigenvalue weighted by atomic mass is 35.5. The highest BCUT2D eigenvalue weighted by Crippen LogP contribution is 2.06. The van der Waals surface area contributed by atoms with Crippen LogP contribution in [0.2, 0.25) is 4.55 Å². The van der Waals surface area contributed by atoms with Gasteiger partial charge in [0.2, 0.25) is 0 Å². The predicted octanol–water partition coefficient (Wildman–Crippen LogP) is 5.34. The van der Waals surface area contributed by atoms with Crippen molar-refractivity contribution in [2.24, 2.45) is 0 Å². The molecule has 0 saturated heterocycles. The first kappa shape index (κ1) is 20.7. The molecule has 0 aromatic heterocycles. The number of halogens is 1. The van der Waals surface area contributed by atoms with Gasteiger partial charge in [-0.2, -0.15) is 0 Å². The first-order chi connectivity index (χ1) is 9.91. The molecule has 0 aromatic carbocycles. The summed E-state index contributed by atoms with van der Waals surface area (Å²) in [4.78, 5) is 0. The third-order valence-corrected chi connectivity index (χ3v) is 4.64. The Balaban J connectivity index is 2.97. The van der Waals surface area contributed by atoms with Crippen LogP contribution in [0.3, 0.4) is 0 Å². The van der Waals surface area contributed by atoms with Gasteiger partial charge in [-0.3, -0.25) is 0 Å². The topological polar surface area (TPSA) is 18.5 Å². The molecule has 0 amide bonds. The van der Waals surface area contributed by atoms with E-state index in [4.69, 9.17) is 18.5 Å². The molecule has 0 rings (SSSR count). The monoisotopic (exact) mass is 314 g/mol. The summed E-state index contributed by atoms with van der Waals surface area (Å²) >= 11 is -0.281. The van der Waals surface area contributed by atoms with Gasteiger partial charge in [0, 0.05) is 6.61 Å². The molecule has 116 valence electrons. The van der Waals surface area contributed by atoms with Crippen molar-refractivity contribution in [1.82, 2.24) is 0 Å². The molecule has 0 aromatic rings. The lowest BCUT2D eigenvalue weighted by Gasteiger charge is -2.05. The van der Waals surface area contributed by atoms with Crippen LogP contribution in [-0.4, -0.2) is 39.3 Å². The van der Waals surface area contributed by atoms with Gasteiger partial charge < -0.3 is 18.5 Å². The van der Waals surface area contributed by atoms with Crippen LogP contribution in [0.4, 0.5) is 0 Å². The molecule has 0 spiro atoms. The van der Waals surface area contributed by atoms with Crippen LogP contribution in [-0.2, 0) is 9.47 Å². The summed E-state index contributed by atoms with van der Waals surface area (Å²) in [7, 11) is 5.73. The lowest BCUT2D eigenvalue weighted by Crippen LogP contribution is -2.02. The van der Waals surface area contributed by atoms with Crippen LogP contribution < -0.4 is 0 Å². The second kappa shape index (κ2) is 19.7. The average Bonchev–Trinajstić information content (AvgIpc) is 2.47. The zero-order chi connectivity index (χ0) is 14.7. The van der Waals surface area contributed by atoms with Gasteiger partial charge in [-0.15, -0.1) is 4.55 Å². The van der Waals surface area contributed by atoms with Crippen molar-refractivity contribution in [2.45, 2.75) is 69.3 Å². The number of allylic oxidation sites excluding steroid dienone is 1. The van der Waals surface area contributed by atoms with Crippen LogP contribution in [0.15, 0.2) is 12.2 Å². The van der Waals surface area contributed by atoms with Crippen LogP contribution in [0.25, 0.3) is 0 Å². The molecule has 20 heavy (non-hydrogen) atoms. The minimum Gasteiger partial charge on any atom is -0.355 e. The van der Waals surface area contributed by atoms with E-state index in [-0.39, 0.29) is 19.3 Å². The van der Waals surface area contributed by atoms with Crippen LogP contribution in [0, 0.1) is 0 Å². The molecule has 0 aliphatic carbocycles. The van der Waals surface area contributed by atoms with E-state index in [1.165, 1.54) is 43.1 Å². The maximum absolute atomic E-state index is 5.73. The Kier molecular flexibility index (Phi) is 20.4. The first-order valence-corrected chi connectivity index (χ1v) is 11.4. The molecule has 0 aliphatic rings. The zero-order valence-electron chi connectivity index (χ0n) is 13.2. The second-order valence-corrected chi connectivity index (χ2v) is 7.37. The average molecular weight is 315 g/mol. The van der Waals surface area contributed by atoms with E-state index in [0.717, 1.165) is 32.5 Å². The van der Waals surface area contributed by atoms with Crippen LogP contribution >= 0.6 is 9.07 Å². The van der Waals surface area contributed by atoms with Crippen LogP contribution in [0.1, 0.15) is 64.7 Å². The van der Waals surface area contributed by atoms with E-state index in [2.05, 4.69) is 19.1 Å². The molecule has 0 atom stereocenters. The van der Waals surface area contributed by atoms with E-state index < -0.39 is 0 Å². The number of hydrogen-bond donors (Lipinski definition) is 0. The fourth-order valence-electron chi connectivity index (χ4n) is 1.92. The van der Waals surface area contributed by atoms with E-state index in [9.17, 15) is 0 Å². The van der Waals surface area contributed by atoms with Crippen LogP contribution in [0.5, 0.6) is 0 Å². The van der Waals surface area contributed by atoms with E-state index in [1.807, 2.05) is 0 Å². The summed E-state index contributed by atoms with van der Waals surface area (Å²) in [5.41, 5.74) is 0. The summed E-state index contributed by atoms with van der Waals surface area (Å²) in [6.07, 6.45) is 15.8. The van der Waals surface area contributed by atoms with Gasteiger partial charge in [0.25, 0.3) is 0 Å². The fraction of sp³-hybridized carbons (Fsp3) is 0.875. The van der Waals surface area contributed by atoms with E-state index >= 15 is 0 Å². The molecular formula is C16H31ClMgO2. The predicted molar refractivity (Wildman–Crippen MR) is 89.6 cm³/mol. The second-order valence-electron chi connectivity index (χ2n) is 5.15. The number of rotatable bonds is 16. The fourth-order valence-corrected chi connectivity index (χ4v) is 2.77. The Bertz CT molecular complexity index is 201. The van der Waals surface area contributed by atoms with E-state index in [0.29, 0.717) is 6.79 Å². The zero-order valence-corrected chi connectivity index (χ0v) is 15.4. The maximum Gasteiger partial charge on any atom is 0.501 e. The van der Waals surface area contributed by atoms with Crippen molar-refractivity contribution in [3.05, 3.63) is 12.2 Å². The Labute approximate surface area is 139 Å². The van der Waals surface area contributed by atoms with Crippen molar-refractivity contribution in [2.75, 3.05) is 20.0 Å². The van der Waals surface area contributed by atoms with Gasteiger partial charge in [0.1, 0.15) is 6.79 Å². The van der Waals surface area contributed by atoms with Gasteiger partial charge >= 0.3 is 19.3 Å². The van der Waals surface area contributed by atoms with Gasteiger partial charge in [-0.1, -0.05) is 64.0 Å².